The number of carbonyl (C=O) groups excluding carboxylic acids is 3. The summed E-state index contributed by atoms with van der Waals surface area (Å²) in [6.07, 6.45) is 4.57. The number of ketones is 1. The smallest absolute Gasteiger partial charge is 0.240 e. The van der Waals surface area contributed by atoms with Crippen LogP contribution in [0.5, 0.6) is 0 Å². The molecule has 1 aromatic carbocycles. The normalized spacial score (nSPS) is 24.8. The molecule has 9 heteroatoms. The number of benzene rings is 1. The lowest BCUT2D eigenvalue weighted by Gasteiger charge is -2.16. The molecule has 2 N–H and O–H groups in total. The molecule has 1 aliphatic carbocycles. The van der Waals surface area contributed by atoms with E-state index in [1.54, 1.807) is 0 Å². The molecule has 7 nitrogen and oxygen atoms in total. The minimum atomic E-state index is -0.515. The maximum Gasteiger partial charge on any atom is 0.240 e. The highest BCUT2D eigenvalue weighted by Gasteiger charge is 2.32. The van der Waals surface area contributed by atoms with Gasteiger partial charge in [-0.1, -0.05) is 35.7 Å². The van der Waals surface area contributed by atoms with Crippen molar-refractivity contribution in [2.75, 3.05) is 5.75 Å². The third-order valence-corrected chi connectivity index (χ3v) is 6.57. The second kappa shape index (κ2) is 7.85. The Kier molecular flexibility index (Phi) is 5.31. The number of hydrogen-bond acceptors (Lipinski definition) is 7. The van der Waals surface area contributed by atoms with Crippen molar-refractivity contribution >= 4 is 51.5 Å². The van der Waals surface area contributed by atoms with Gasteiger partial charge in [-0.3, -0.25) is 14.4 Å². The van der Waals surface area contributed by atoms with E-state index in [0.29, 0.717) is 21.7 Å². The number of nitrogens with zero attached hydrogens (tertiary/aromatic N) is 2. The number of aryl methyl sites for hydroxylation is 2. The summed E-state index contributed by atoms with van der Waals surface area (Å²) < 4.78 is 0. The van der Waals surface area contributed by atoms with Crippen LogP contribution < -0.4 is 10.6 Å². The number of amides is 2. The first-order valence-electron chi connectivity index (χ1n) is 8.79. The number of carbonyl (C=O) groups is 3. The summed E-state index contributed by atoms with van der Waals surface area (Å²) >= 11 is 2.45. The first-order chi connectivity index (χ1) is 13.1. The van der Waals surface area contributed by atoms with Crippen molar-refractivity contribution in [1.29, 1.82) is 0 Å². The predicted octanol–water partition coefficient (Wildman–Crippen LogP) is 1.86. The van der Waals surface area contributed by atoms with Crippen LogP contribution in [0.4, 0.5) is 0 Å². The topological polar surface area (TPSA) is 100.0 Å². The number of fused-ring (bicyclic) bond motifs is 1. The summed E-state index contributed by atoms with van der Waals surface area (Å²) in [5, 5.41) is 13.3. The first kappa shape index (κ1) is 18.2. The Balaban J connectivity index is 1.40. The van der Waals surface area contributed by atoms with Crippen LogP contribution in [-0.2, 0) is 22.4 Å². The molecule has 2 aliphatic heterocycles. The van der Waals surface area contributed by atoms with Crippen LogP contribution in [0.25, 0.3) is 0 Å². The number of Topliss-reactive ketones (excluding diaryl/α,β-unsaturated/α-hetero) is 1. The molecule has 3 aliphatic rings. The lowest BCUT2D eigenvalue weighted by molar-refractivity contribution is -0.119. The summed E-state index contributed by atoms with van der Waals surface area (Å²) in [7, 11) is 0. The van der Waals surface area contributed by atoms with Crippen molar-refractivity contribution in [2.45, 2.75) is 37.4 Å². The van der Waals surface area contributed by atoms with Gasteiger partial charge in [0.05, 0.1) is 11.0 Å². The molecule has 0 spiro atoms. The fraction of sp³-hybridized carbons (Fsp3) is 0.389. The van der Waals surface area contributed by atoms with Gasteiger partial charge >= 0.3 is 0 Å². The Hall–Kier alpha value is -2.13. The number of nitrogens with one attached hydrogen (secondary N) is 2. The Morgan fingerprint density at radius 1 is 1.07 bits per heavy atom. The summed E-state index contributed by atoms with van der Waals surface area (Å²) in [6.45, 7) is 0. The second-order valence-electron chi connectivity index (χ2n) is 6.56. The fourth-order valence-electron chi connectivity index (χ4n) is 3.25. The van der Waals surface area contributed by atoms with E-state index >= 15 is 0 Å². The van der Waals surface area contributed by atoms with E-state index in [9.17, 15) is 14.4 Å². The van der Waals surface area contributed by atoms with Crippen LogP contribution in [0.2, 0.25) is 0 Å². The third-order valence-electron chi connectivity index (χ3n) is 4.64. The summed E-state index contributed by atoms with van der Waals surface area (Å²) in [5.41, 5.74) is 3.25. The molecule has 0 bridgehead atoms. The maximum atomic E-state index is 12.6. The van der Waals surface area contributed by atoms with E-state index in [2.05, 4.69) is 20.8 Å². The Bertz CT molecular complexity index is 881. The van der Waals surface area contributed by atoms with Gasteiger partial charge in [0.15, 0.2) is 16.1 Å². The largest absolute Gasteiger partial charge is 0.303 e. The lowest BCUT2D eigenvalue weighted by atomic mass is 9.89. The zero-order valence-corrected chi connectivity index (χ0v) is 16.1. The highest BCUT2D eigenvalue weighted by molar-refractivity contribution is 8.15. The van der Waals surface area contributed by atoms with E-state index < -0.39 is 5.25 Å². The molecule has 2 heterocycles. The van der Waals surface area contributed by atoms with Crippen LogP contribution in [0, 0.1) is 0 Å². The van der Waals surface area contributed by atoms with Crippen LogP contribution >= 0.6 is 23.5 Å². The van der Waals surface area contributed by atoms with E-state index in [-0.39, 0.29) is 24.0 Å². The predicted molar refractivity (Wildman–Crippen MR) is 107 cm³/mol. The van der Waals surface area contributed by atoms with Gasteiger partial charge in [-0.15, -0.1) is 10.2 Å². The maximum absolute atomic E-state index is 12.6. The summed E-state index contributed by atoms with van der Waals surface area (Å²) in [4.78, 5) is 35.9. The first-order valence-corrected chi connectivity index (χ1v) is 10.7. The second-order valence-corrected chi connectivity index (χ2v) is 8.72. The van der Waals surface area contributed by atoms with Crippen molar-refractivity contribution in [1.82, 2.24) is 10.6 Å². The highest BCUT2D eigenvalue weighted by Crippen LogP contribution is 2.26. The van der Waals surface area contributed by atoms with Crippen LogP contribution in [0.3, 0.4) is 0 Å². The summed E-state index contributed by atoms with van der Waals surface area (Å²) in [6, 6.07) is 5.89. The van der Waals surface area contributed by atoms with Gasteiger partial charge in [0.25, 0.3) is 0 Å². The van der Waals surface area contributed by atoms with E-state index in [0.717, 1.165) is 19.3 Å². The molecule has 0 aromatic heterocycles. The molecule has 2 amide bonds. The standard InChI is InChI=1S/C18H18N4O3S2/c23-13(12-6-5-10-3-1-2-4-11(10)7-12)8-14-16(25)20-18(27-14)22-21-17-19-15(24)9-26-17/h5-7,14H,1-4,8-9H2,(H,19,21,24)(H,20,22,25). The van der Waals surface area contributed by atoms with Crippen LogP contribution in [0.15, 0.2) is 28.4 Å². The monoisotopic (exact) mass is 402 g/mol. The molecule has 4 rings (SSSR count). The molecule has 27 heavy (non-hydrogen) atoms. The Labute approximate surface area is 164 Å². The third kappa shape index (κ3) is 4.24. The lowest BCUT2D eigenvalue weighted by Crippen LogP contribution is -2.26. The molecule has 0 radical (unpaired) electrons. The average molecular weight is 403 g/mol. The van der Waals surface area contributed by atoms with Crippen LogP contribution in [-0.4, -0.2) is 38.9 Å². The van der Waals surface area contributed by atoms with Gasteiger partial charge in [0.1, 0.15) is 0 Å². The highest BCUT2D eigenvalue weighted by atomic mass is 32.2. The zero-order chi connectivity index (χ0) is 18.8. The quantitative estimate of drug-likeness (QED) is 0.591. The Morgan fingerprint density at radius 2 is 1.85 bits per heavy atom. The molecule has 2 saturated heterocycles. The van der Waals surface area contributed by atoms with Crippen molar-refractivity contribution < 1.29 is 14.4 Å². The number of hydrogen-bond donors (Lipinski definition) is 2. The molecule has 1 aromatic rings. The van der Waals surface area contributed by atoms with Gasteiger partial charge in [-0.2, -0.15) is 0 Å². The zero-order valence-electron chi connectivity index (χ0n) is 14.5. The fourth-order valence-corrected chi connectivity index (χ4v) is 4.79. The van der Waals surface area contributed by atoms with Gasteiger partial charge in [-0.25, -0.2) is 0 Å². The minimum Gasteiger partial charge on any atom is -0.303 e. The molecule has 1 unspecified atom stereocenters. The van der Waals surface area contributed by atoms with E-state index in [1.807, 2.05) is 18.2 Å². The average Bonchev–Trinajstić information content (AvgIpc) is 3.25. The molecule has 140 valence electrons. The number of amidine groups is 2. The molecule has 0 saturated carbocycles. The summed E-state index contributed by atoms with van der Waals surface area (Å²) in [5.74, 6) is -0.0766. The van der Waals surface area contributed by atoms with E-state index in [1.165, 1.54) is 41.1 Å². The van der Waals surface area contributed by atoms with Gasteiger partial charge in [-0.05, 0) is 42.9 Å². The van der Waals surface area contributed by atoms with Crippen molar-refractivity contribution in [2.24, 2.45) is 10.2 Å². The van der Waals surface area contributed by atoms with Gasteiger partial charge < -0.3 is 10.6 Å². The van der Waals surface area contributed by atoms with Crippen molar-refractivity contribution in [3.05, 3.63) is 34.9 Å². The number of rotatable bonds is 4. The number of thioether (sulfide) groups is 2. The molecule has 2 fully saturated rings. The van der Waals surface area contributed by atoms with Crippen molar-refractivity contribution in [3.8, 4) is 0 Å². The SMILES string of the molecule is O=C1CS/C(=N/N=C2\NC(=O)C(CC(=O)c3ccc4c(c3)CCCC4)S2)N1. The molecular weight excluding hydrogens is 384 g/mol. The van der Waals surface area contributed by atoms with E-state index in [4.69, 9.17) is 0 Å². The molecule has 1 atom stereocenters. The van der Waals surface area contributed by atoms with Gasteiger partial charge in [0.2, 0.25) is 11.8 Å². The van der Waals surface area contributed by atoms with Gasteiger partial charge in [0, 0.05) is 12.0 Å². The van der Waals surface area contributed by atoms with Crippen molar-refractivity contribution in [3.63, 3.8) is 0 Å². The Morgan fingerprint density at radius 3 is 2.63 bits per heavy atom. The van der Waals surface area contributed by atoms with Crippen LogP contribution in [0.1, 0.15) is 40.7 Å². The minimum absolute atomic E-state index is 0.0396. The molecular formula is C18H18N4O3S2.